The number of thiol groups is 1. The van der Waals surface area contributed by atoms with Gasteiger partial charge in [-0.25, -0.2) is 0 Å². The van der Waals surface area contributed by atoms with Crippen molar-refractivity contribution in [2.75, 3.05) is 14.2 Å². The molecular weight excluding hydrogens is 152 g/mol. The number of hydrogen-bond acceptors (Lipinski definition) is 3. The zero-order valence-corrected chi connectivity index (χ0v) is 7.94. The average molecular weight is 165 g/mol. The molecule has 0 aromatic heterocycles. The summed E-state index contributed by atoms with van der Waals surface area (Å²) in [5.41, 5.74) is 0. The van der Waals surface area contributed by atoms with Crippen LogP contribution < -0.4 is 0 Å². The number of rotatable bonds is 4. The van der Waals surface area contributed by atoms with Gasteiger partial charge in [-0.3, -0.25) is 0 Å². The van der Waals surface area contributed by atoms with E-state index in [4.69, 9.17) is 8.85 Å². The molecule has 0 aromatic rings. The van der Waals surface area contributed by atoms with Crippen LogP contribution in [0.1, 0.15) is 6.92 Å². The van der Waals surface area contributed by atoms with Crippen LogP contribution in [-0.2, 0) is 8.85 Å². The first kappa shape index (κ1) is 9.49. The number of hydrogen-bond donors (Lipinski definition) is 1. The van der Waals surface area contributed by atoms with Gasteiger partial charge in [0.2, 0.25) is 0 Å². The quantitative estimate of drug-likeness (QED) is 0.496. The Kier molecular flexibility index (Phi) is 5.57. The molecule has 0 rings (SSSR count). The predicted molar refractivity (Wildman–Crippen MR) is 43.0 cm³/mol. The van der Waals surface area contributed by atoms with Gasteiger partial charge in [-0.15, -0.1) is 0 Å². The zero-order valence-electron chi connectivity index (χ0n) is 6.05. The van der Waals surface area contributed by atoms with Crippen LogP contribution in [0.4, 0.5) is 0 Å². The lowest BCUT2D eigenvalue weighted by molar-refractivity contribution is 0.277. The van der Waals surface area contributed by atoms with Gasteiger partial charge in [-0.05, 0) is 0 Å². The van der Waals surface area contributed by atoms with Crippen LogP contribution in [0.25, 0.3) is 0 Å². The van der Waals surface area contributed by atoms with Crippen LogP contribution >= 0.6 is 12.6 Å². The molecule has 0 aliphatic rings. The largest absolute Gasteiger partial charge is 0.397 e. The molecular formula is C5H13O2SSi. The summed E-state index contributed by atoms with van der Waals surface area (Å²) in [6.07, 6.45) is 0. The van der Waals surface area contributed by atoms with Gasteiger partial charge in [0.25, 0.3) is 0 Å². The molecule has 0 saturated heterocycles. The second-order valence-corrected chi connectivity index (χ2v) is 4.68. The minimum atomic E-state index is -0.999. The molecule has 0 bridgehead atoms. The third kappa shape index (κ3) is 4.96. The molecule has 0 saturated carbocycles. The van der Waals surface area contributed by atoms with Crippen molar-refractivity contribution in [2.24, 2.45) is 0 Å². The van der Waals surface area contributed by atoms with E-state index in [1.54, 1.807) is 14.2 Å². The molecule has 0 aromatic carbocycles. The topological polar surface area (TPSA) is 18.5 Å². The van der Waals surface area contributed by atoms with Crippen LogP contribution in [0, 0.1) is 0 Å². The Labute approximate surface area is 63.8 Å². The van der Waals surface area contributed by atoms with Gasteiger partial charge in [0.1, 0.15) is 0 Å². The van der Waals surface area contributed by atoms with E-state index >= 15 is 0 Å². The first-order valence-electron chi connectivity index (χ1n) is 2.82. The van der Waals surface area contributed by atoms with Crippen LogP contribution in [0.2, 0.25) is 6.04 Å². The van der Waals surface area contributed by atoms with E-state index in [1.807, 2.05) is 6.92 Å². The van der Waals surface area contributed by atoms with Crippen molar-refractivity contribution in [2.45, 2.75) is 18.2 Å². The Hall–Kier alpha value is 0.487. The maximum absolute atomic E-state index is 5.04. The zero-order chi connectivity index (χ0) is 7.28. The molecule has 2 nitrogen and oxygen atoms in total. The standard InChI is InChI=1S/C5H13O2SSi/c1-5(8)4-9(6-2)7-3/h5,8H,4H2,1-3H3. The molecule has 1 atom stereocenters. The molecule has 1 unspecified atom stereocenters. The third-order valence-electron chi connectivity index (χ3n) is 0.917. The molecule has 0 heterocycles. The maximum atomic E-state index is 5.04. The lowest BCUT2D eigenvalue weighted by Gasteiger charge is -2.09. The highest BCUT2D eigenvalue weighted by atomic mass is 32.1. The van der Waals surface area contributed by atoms with E-state index in [0.717, 1.165) is 6.04 Å². The summed E-state index contributed by atoms with van der Waals surface area (Å²) < 4.78 is 10.1. The van der Waals surface area contributed by atoms with Crippen LogP contribution in [0.3, 0.4) is 0 Å². The molecule has 0 spiro atoms. The Balaban J connectivity index is 3.31. The summed E-state index contributed by atoms with van der Waals surface area (Å²) in [7, 11) is 2.35. The normalized spacial score (nSPS) is 14.3. The van der Waals surface area contributed by atoms with Crippen molar-refractivity contribution in [3.8, 4) is 0 Å². The van der Waals surface area contributed by atoms with Crippen molar-refractivity contribution in [1.29, 1.82) is 0 Å². The van der Waals surface area contributed by atoms with Gasteiger partial charge in [0.05, 0.1) is 0 Å². The molecule has 0 N–H and O–H groups in total. The van der Waals surface area contributed by atoms with Crippen molar-refractivity contribution in [3.05, 3.63) is 0 Å². The van der Waals surface area contributed by atoms with Gasteiger partial charge >= 0.3 is 9.28 Å². The Morgan fingerprint density at radius 2 is 1.89 bits per heavy atom. The average Bonchev–Trinajstić information content (AvgIpc) is 1.82. The van der Waals surface area contributed by atoms with Crippen molar-refractivity contribution < 1.29 is 8.85 Å². The monoisotopic (exact) mass is 165 g/mol. The van der Waals surface area contributed by atoms with Gasteiger partial charge in [0.15, 0.2) is 0 Å². The molecule has 4 heteroatoms. The predicted octanol–water partition coefficient (Wildman–Crippen LogP) is 1.09. The second-order valence-electron chi connectivity index (χ2n) is 1.83. The van der Waals surface area contributed by atoms with Crippen molar-refractivity contribution in [1.82, 2.24) is 0 Å². The third-order valence-corrected chi connectivity index (χ3v) is 3.30. The highest BCUT2D eigenvalue weighted by Crippen LogP contribution is 2.04. The van der Waals surface area contributed by atoms with Gasteiger partial charge in [-0.1, -0.05) is 6.92 Å². The van der Waals surface area contributed by atoms with Crippen LogP contribution in [0.5, 0.6) is 0 Å². The SMILES string of the molecule is CO[Si](CC(C)S)OC. The summed E-state index contributed by atoms with van der Waals surface area (Å²) in [5, 5.41) is 0.374. The minimum absolute atomic E-state index is 0.374. The summed E-state index contributed by atoms with van der Waals surface area (Å²) in [5.74, 6) is 0. The Morgan fingerprint density at radius 3 is 2.00 bits per heavy atom. The van der Waals surface area contributed by atoms with E-state index in [2.05, 4.69) is 12.6 Å². The van der Waals surface area contributed by atoms with E-state index in [0.29, 0.717) is 5.25 Å². The second kappa shape index (κ2) is 5.29. The van der Waals surface area contributed by atoms with Gasteiger partial charge in [-0.2, -0.15) is 12.6 Å². The Morgan fingerprint density at radius 1 is 1.44 bits per heavy atom. The van der Waals surface area contributed by atoms with Gasteiger partial charge < -0.3 is 8.85 Å². The molecule has 0 amide bonds. The molecule has 55 valence electrons. The fourth-order valence-electron chi connectivity index (χ4n) is 0.491. The van der Waals surface area contributed by atoms with Crippen LogP contribution in [0.15, 0.2) is 0 Å². The van der Waals surface area contributed by atoms with Crippen molar-refractivity contribution in [3.63, 3.8) is 0 Å². The highest BCUT2D eigenvalue weighted by molar-refractivity contribution is 7.81. The molecule has 0 fully saturated rings. The molecule has 0 aliphatic carbocycles. The summed E-state index contributed by atoms with van der Waals surface area (Å²) in [6.45, 7) is 2.03. The maximum Gasteiger partial charge on any atom is 0.385 e. The van der Waals surface area contributed by atoms with Crippen LogP contribution in [-0.4, -0.2) is 28.8 Å². The molecule has 9 heavy (non-hydrogen) atoms. The fourth-order valence-corrected chi connectivity index (χ4v) is 1.92. The Bertz CT molecular complexity index is 66.0. The smallest absolute Gasteiger partial charge is 0.385 e. The van der Waals surface area contributed by atoms with E-state index in [-0.39, 0.29) is 0 Å². The van der Waals surface area contributed by atoms with Gasteiger partial charge in [0, 0.05) is 25.5 Å². The first-order valence-corrected chi connectivity index (χ1v) is 4.86. The van der Waals surface area contributed by atoms with Crippen molar-refractivity contribution >= 4 is 21.9 Å². The highest BCUT2D eigenvalue weighted by Gasteiger charge is 2.13. The minimum Gasteiger partial charge on any atom is -0.397 e. The summed E-state index contributed by atoms with van der Waals surface area (Å²) >= 11 is 4.21. The first-order chi connectivity index (χ1) is 4.20. The lowest BCUT2D eigenvalue weighted by atomic mass is 10.6. The van der Waals surface area contributed by atoms with E-state index < -0.39 is 9.28 Å². The lowest BCUT2D eigenvalue weighted by Crippen LogP contribution is -2.21. The van der Waals surface area contributed by atoms with E-state index in [1.165, 1.54) is 0 Å². The fraction of sp³-hybridized carbons (Fsp3) is 1.00. The molecule has 1 radical (unpaired) electrons. The van der Waals surface area contributed by atoms with E-state index in [9.17, 15) is 0 Å². The summed E-state index contributed by atoms with van der Waals surface area (Å²) in [4.78, 5) is 0. The summed E-state index contributed by atoms with van der Waals surface area (Å²) in [6, 6.07) is 0.931. The molecule has 0 aliphatic heterocycles.